The van der Waals surface area contributed by atoms with E-state index in [1.54, 1.807) is 6.07 Å². The Morgan fingerprint density at radius 2 is 2.25 bits per heavy atom. The quantitative estimate of drug-likeness (QED) is 0.827. The van der Waals surface area contributed by atoms with Crippen LogP contribution >= 0.6 is 11.6 Å². The van der Waals surface area contributed by atoms with E-state index in [1.807, 2.05) is 6.07 Å². The predicted molar refractivity (Wildman–Crippen MR) is 74.2 cm³/mol. The molecule has 0 aliphatic heterocycles. The number of benzene rings is 1. The molecular weight excluding hydrogens is 283 g/mol. The van der Waals surface area contributed by atoms with Crippen LogP contribution in [0, 0.1) is 5.82 Å². The Morgan fingerprint density at radius 3 is 2.95 bits per heavy atom. The minimum absolute atomic E-state index is 0.0169. The van der Waals surface area contributed by atoms with Gasteiger partial charge in [0.15, 0.2) is 0 Å². The Bertz CT molecular complexity index is 636. The number of hydrogen-bond donors (Lipinski definition) is 2. The lowest BCUT2D eigenvalue weighted by atomic mass is 10.1. The maximum Gasteiger partial charge on any atom is 0.254 e. The van der Waals surface area contributed by atoms with E-state index in [2.05, 4.69) is 15.3 Å². The third-order valence-electron chi connectivity index (χ3n) is 2.62. The van der Waals surface area contributed by atoms with Crippen LogP contribution in [0.15, 0.2) is 30.5 Å². The zero-order valence-electron chi connectivity index (χ0n) is 10.4. The molecule has 1 amide bonds. The molecule has 0 unspecified atom stereocenters. The SMILES string of the molecule is NC(=O)c1cnc(Cl)nc1NCCc1cccc(F)c1. The highest BCUT2D eigenvalue weighted by molar-refractivity contribution is 6.28. The lowest BCUT2D eigenvalue weighted by molar-refractivity contribution is 0.100. The Hall–Kier alpha value is -2.21. The van der Waals surface area contributed by atoms with E-state index >= 15 is 0 Å². The van der Waals surface area contributed by atoms with Crippen molar-refractivity contribution in [1.29, 1.82) is 0 Å². The van der Waals surface area contributed by atoms with Crippen LogP contribution in [0.1, 0.15) is 15.9 Å². The monoisotopic (exact) mass is 294 g/mol. The van der Waals surface area contributed by atoms with Crippen molar-refractivity contribution in [1.82, 2.24) is 9.97 Å². The molecule has 1 aromatic carbocycles. The number of anilines is 1. The first-order chi connectivity index (χ1) is 9.56. The second-order valence-electron chi connectivity index (χ2n) is 4.07. The zero-order chi connectivity index (χ0) is 14.5. The third-order valence-corrected chi connectivity index (χ3v) is 2.80. The molecule has 5 nitrogen and oxygen atoms in total. The van der Waals surface area contributed by atoms with Crippen molar-refractivity contribution in [3.63, 3.8) is 0 Å². The molecule has 0 atom stereocenters. The van der Waals surface area contributed by atoms with E-state index in [9.17, 15) is 9.18 Å². The number of amides is 1. The van der Waals surface area contributed by atoms with Crippen molar-refractivity contribution in [3.05, 3.63) is 52.7 Å². The molecule has 0 fully saturated rings. The average molecular weight is 295 g/mol. The molecule has 20 heavy (non-hydrogen) atoms. The van der Waals surface area contributed by atoms with E-state index in [0.29, 0.717) is 13.0 Å². The highest BCUT2D eigenvalue weighted by Gasteiger charge is 2.10. The smallest absolute Gasteiger partial charge is 0.254 e. The molecule has 1 aromatic heterocycles. The van der Waals surface area contributed by atoms with Crippen molar-refractivity contribution >= 4 is 23.3 Å². The number of rotatable bonds is 5. The number of primary amides is 1. The average Bonchev–Trinajstić information content (AvgIpc) is 2.38. The molecule has 2 rings (SSSR count). The molecule has 104 valence electrons. The van der Waals surface area contributed by atoms with Gasteiger partial charge in [-0.3, -0.25) is 4.79 Å². The first-order valence-corrected chi connectivity index (χ1v) is 6.24. The van der Waals surface area contributed by atoms with Gasteiger partial charge in [-0.1, -0.05) is 12.1 Å². The number of halogens is 2. The summed E-state index contributed by atoms with van der Waals surface area (Å²) in [6.45, 7) is 0.455. The number of carbonyl (C=O) groups is 1. The van der Waals surface area contributed by atoms with Gasteiger partial charge in [-0.05, 0) is 35.7 Å². The van der Waals surface area contributed by atoms with Gasteiger partial charge in [-0.25, -0.2) is 9.37 Å². The van der Waals surface area contributed by atoms with Gasteiger partial charge in [0.25, 0.3) is 5.91 Å². The number of nitrogens with one attached hydrogen (secondary N) is 1. The molecule has 0 aliphatic carbocycles. The lowest BCUT2D eigenvalue weighted by Gasteiger charge is -2.09. The van der Waals surface area contributed by atoms with Crippen LogP contribution in [0.3, 0.4) is 0 Å². The summed E-state index contributed by atoms with van der Waals surface area (Å²) >= 11 is 5.67. The number of aromatic nitrogens is 2. The molecule has 0 bridgehead atoms. The normalized spacial score (nSPS) is 10.3. The van der Waals surface area contributed by atoms with Gasteiger partial charge < -0.3 is 11.1 Å². The van der Waals surface area contributed by atoms with Crippen molar-refractivity contribution < 1.29 is 9.18 Å². The molecule has 0 saturated carbocycles. The summed E-state index contributed by atoms with van der Waals surface area (Å²) in [6.07, 6.45) is 1.83. The van der Waals surface area contributed by atoms with Gasteiger partial charge in [0.05, 0.1) is 5.56 Å². The summed E-state index contributed by atoms with van der Waals surface area (Å²) in [7, 11) is 0. The van der Waals surface area contributed by atoms with Crippen LogP contribution in [0.4, 0.5) is 10.2 Å². The van der Waals surface area contributed by atoms with Gasteiger partial charge in [0.1, 0.15) is 11.6 Å². The maximum atomic E-state index is 13.0. The van der Waals surface area contributed by atoms with Gasteiger partial charge in [0.2, 0.25) is 5.28 Å². The summed E-state index contributed by atoms with van der Waals surface area (Å²) in [5.41, 5.74) is 6.21. The van der Waals surface area contributed by atoms with Crippen molar-refractivity contribution in [2.24, 2.45) is 5.73 Å². The predicted octanol–water partition coefficient (Wildman–Crippen LogP) is 2.02. The molecule has 1 heterocycles. The largest absolute Gasteiger partial charge is 0.369 e. The van der Waals surface area contributed by atoms with Crippen molar-refractivity contribution in [2.45, 2.75) is 6.42 Å². The Labute approximate surface area is 120 Å². The molecule has 7 heteroatoms. The number of nitrogens with zero attached hydrogens (tertiary/aromatic N) is 2. The second-order valence-corrected chi connectivity index (χ2v) is 4.41. The lowest BCUT2D eigenvalue weighted by Crippen LogP contribution is -2.17. The van der Waals surface area contributed by atoms with Crippen LogP contribution in [-0.2, 0) is 6.42 Å². The third kappa shape index (κ3) is 3.64. The van der Waals surface area contributed by atoms with E-state index in [0.717, 1.165) is 5.56 Å². The molecule has 0 spiro atoms. The minimum atomic E-state index is -0.644. The molecule has 2 aromatic rings. The fraction of sp³-hybridized carbons (Fsp3) is 0.154. The Kier molecular flexibility index (Phi) is 4.47. The fourth-order valence-electron chi connectivity index (χ4n) is 1.69. The summed E-state index contributed by atoms with van der Waals surface area (Å²) in [4.78, 5) is 18.8. The topological polar surface area (TPSA) is 80.9 Å². The van der Waals surface area contributed by atoms with Crippen molar-refractivity contribution in [2.75, 3.05) is 11.9 Å². The maximum absolute atomic E-state index is 13.0. The summed E-state index contributed by atoms with van der Waals surface area (Å²) in [5, 5.41) is 2.96. The number of nitrogens with two attached hydrogens (primary N) is 1. The molecule has 0 radical (unpaired) electrons. The Morgan fingerprint density at radius 1 is 1.45 bits per heavy atom. The van der Waals surface area contributed by atoms with Crippen LogP contribution in [0.25, 0.3) is 0 Å². The van der Waals surface area contributed by atoms with Crippen molar-refractivity contribution in [3.8, 4) is 0 Å². The van der Waals surface area contributed by atoms with Crippen LogP contribution in [0.5, 0.6) is 0 Å². The van der Waals surface area contributed by atoms with Gasteiger partial charge >= 0.3 is 0 Å². The number of hydrogen-bond acceptors (Lipinski definition) is 4. The van der Waals surface area contributed by atoms with Gasteiger partial charge in [-0.2, -0.15) is 4.98 Å². The van der Waals surface area contributed by atoms with E-state index in [-0.39, 0.29) is 22.5 Å². The fourth-order valence-corrected chi connectivity index (χ4v) is 1.83. The molecule has 0 aliphatic rings. The zero-order valence-corrected chi connectivity index (χ0v) is 11.2. The van der Waals surface area contributed by atoms with Crippen LogP contribution < -0.4 is 11.1 Å². The highest BCUT2D eigenvalue weighted by Crippen LogP contribution is 2.13. The second kappa shape index (κ2) is 6.29. The summed E-state index contributed by atoms with van der Waals surface area (Å²) in [6, 6.07) is 6.28. The highest BCUT2D eigenvalue weighted by atomic mass is 35.5. The molecule has 3 N–H and O–H groups in total. The first kappa shape index (κ1) is 14.2. The Balaban J connectivity index is 2.04. The van der Waals surface area contributed by atoms with Crippen LogP contribution in [0.2, 0.25) is 5.28 Å². The minimum Gasteiger partial charge on any atom is -0.369 e. The first-order valence-electron chi connectivity index (χ1n) is 5.87. The summed E-state index contributed by atoms with van der Waals surface area (Å²) < 4.78 is 13.0. The van der Waals surface area contributed by atoms with Gasteiger partial charge in [-0.15, -0.1) is 0 Å². The summed E-state index contributed by atoms with van der Waals surface area (Å²) in [5.74, 6) is -0.658. The van der Waals surface area contributed by atoms with Gasteiger partial charge in [0, 0.05) is 12.7 Å². The number of carbonyl (C=O) groups excluding carboxylic acids is 1. The molecule has 0 saturated heterocycles. The van der Waals surface area contributed by atoms with E-state index in [1.165, 1.54) is 18.3 Å². The van der Waals surface area contributed by atoms with Crippen LogP contribution in [-0.4, -0.2) is 22.4 Å². The molecular formula is C13H12ClFN4O. The van der Waals surface area contributed by atoms with E-state index in [4.69, 9.17) is 17.3 Å². The van der Waals surface area contributed by atoms with E-state index < -0.39 is 5.91 Å². The standard InChI is InChI=1S/C13H12ClFN4O/c14-13-18-7-10(11(16)20)12(19-13)17-5-4-8-2-1-3-9(15)6-8/h1-3,6-7H,4-5H2,(H2,16,20)(H,17,18,19).